The highest BCUT2D eigenvalue weighted by Crippen LogP contribution is 2.25. The molecule has 0 saturated heterocycles. The Morgan fingerprint density at radius 3 is 2.20 bits per heavy atom. The van der Waals surface area contributed by atoms with Crippen molar-refractivity contribution in [3.8, 4) is 0 Å². The molecular formula is C10H18O4S. The number of carboxylic acids is 2. The Hall–Kier alpha value is -0.710. The molecule has 0 fully saturated rings. The van der Waals surface area contributed by atoms with Crippen LogP contribution < -0.4 is 0 Å². The van der Waals surface area contributed by atoms with Crippen molar-refractivity contribution >= 4 is 24.6 Å². The van der Waals surface area contributed by atoms with Crippen molar-refractivity contribution < 1.29 is 19.8 Å². The van der Waals surface area contributed by atoms with E-state index in [1.54, 1.807) is 0 Å². The van der Waals surface area contributed by atoms with E-state index in [1.165, 1.54) is 0 Å². The summed E-state index contributed by atoms with van der Waals surface area (Å²) in [5.74, 6) is -2.44. The van der Waals surface area contributed by atoms with E-state index in [9.17, 15) is 9.59 Å². The number of carboxylic acid groups (broad SMARTS) is 2. The summed E-state index contributed by atoms with van der Waals surface area (Å²) >= 11 is 4.27. The summed E-state index contributed by atoms with van der Waals surface area (Å²) in [5, 5.41) is 17.2. The number of carbonyl (C=O) groups is 2. The molecular weight excluding hydrogens is 216 g/mol. The standard InChI is InChI=1S/C10H18O4S/c1-3-6(2)9(15)7(10(13)14)4-5-8(11)12/h6-7,9,15H,3-5H2,1-2H3,(H,11,12)(H,13,14). The summed E-state index contributed by atoms with van der Waals surface area (Å²) in [6.07, 6.45) is 0.860. The average Bonchev–Trinajstić information content (AvgIpc) is 2.15. The first-order chi connectivity index (χ1) is 6.90. The van der Waals surface area contributed by atoms with Gasteiger partial charge in [0.25, 0.3) is 0 Å². The van der Waals surface area contributed by atoms with Gasteiger partial charge in [0.2, 0.25) is 0 Å². The third kappa shape index (κ3) is 5.06. The predicted octanol–water partition coefficient (Wildman–Crippen LogP) is 1.90. The molecule has 0 aliphatic rings. The second-order valence-corrected chi connectivity index (χ2v) is 4.35. The zero-order valence-electron chi connectivity index (χ0n) is 9.01. The Morgan fingerprint density at radius 2 is 1.87 bits per heavy atom. The highest BCUT2D eigenvalue weighted by atomic mass is 32.1. The molecule has 0 radical (unpaired) electrons. The van der Waals surface area contributed by atoms with Crippen molar-refractivity contribution in [1.29, 1.82) is 0 Å². The molecule has 5 heteroatoms. The largest absolute Gasteiger partial charge is 0.481 e. The van der Waals surface area contributed by atoms with Crippen molar-refractivity contribution in [1.82, 2.24) is 0 Å². The summed E-state index contributed by atoms with van der Waals surface area (Å²) < 4.78 is 0. The van der Waals surface area contributed by atoms with E-state index < -0.39 is 17.9 Å². The van der Waals surface area contributed by atoms with Crippen molar-refractivity contribution in [2.24, 2.45) is 11.8 Å². The SMILES string of the molecule is CCC(C)C(S)C(CCC(=O)O)C(=O)O. The first kappa shape index (κ1) is 14.3. The van der Waals surface area contributed by atoms with E-state index in [-0.39, 0.29) is 24.0 Å². The maximum absolute atomic E-state index is 10.9. The Labute approximate surface area is 95.1 Å². The molecule has 0 aliphatic carbocycles. The van der Waals surface area contributed by atoms with Gasteiger partial charge in [0.1, 0.15) is 0 Å². The minimum Gasteiger partial charge on any atom is -0.481 e. The van der Waals surface area contributed by atoms with Crippen LogP contribution in [-0.2, 0) is 9.59 Å². The van der Waals surface area contributed by atoms with Crippen LogP contribution in [0.3, 0.4) is 0 Å². The Bertz CT molecular complexity index is 229. The van der Waals surface area contributed by atoms with Crippen LogP contribution in [0.15, 0.2) is 0 Å². The fourth-order valence-electron chi connectivity index (χ4n) is 1.36. The number of hydrogen-bond donors (Lipinski definition) is 3. The second kappa shape index (κ2) is 6.71. The average molecular weight is 234 g/mol. The minimum atomic E-state index is -0.967. The van der Waals surface area contributed by atoms with Crippen LogP contribution in [0.5, 0.6) is 0 Å². The third-order valence-corrected chi connectivity index (χ3v) is 3.49. The summed E-state index contributed by atoms with van der Waals surface area (Å²) in [6.45, 7) is 3.89. The number of hydrogen-bond acceptors (Lipinski definition) is 3. The lowest BCUT2D eigenvalue weighted by atomic mass is 9.90. The van der Waals surface area contributed by atoms with E-state index in [0.29, 0.717) is 0 Å². The monoisotopic (exact) mass is 234 g/mol. The molecule has 0 aromatic rings. The van der Waals surface area contributed by atoms with E-state index in [2.05, 4.69) is 12.6 Å². The van der Waals surface area contributed by atoms with Crippen LogP contribution in [0.25, 0.3) is 0 Å². The molecule has 0 aliphatic heterocycles. The highest BCUT2D eigenvalue weighted by molar-refractivity contribution is 7.81. The quantitative estimate of drug-likeness (QED) is 0.588. The molecule has 3 atom stereocenters. The van der Waals surface area contributed by atoms with Gasteiger partial charge in [-0.3, -0.25) is 9.59 Å². The molecule has 15 heavy (non-hydrogen) atoms. The Balaban J connectivity index is 4.38. The minimum absolute atomic E-state index is 0.121. The topological polar surface area (TPSA) is 74.6 Å². The van der Waals surface area contributed by atoms with Crippen LogP contribution in [0.2, 0.25) is 0 Å². The third-order valence-electron chi connectivity index (χ3n) is 2.63. The molecule has 2 N–H and O–H groups in total. The van der Waals surface area contributed by atoms with Crippen LogP contribution in [0.1, 0.15) is 33.1 Å². The molecule has 0 aromatic heterocycles. The summed E-state index contributed by atoms with van der Waals surface area (Å²) in [6, 6.07) is 0. The van der Waals surface area contributed by atoms with E-state index in [1.807, 2.05) is 13.8 Å². The van der Waals surface area contributed by atoms with Gasteiger partial charge in [-0.05, 0) is 12.3 Å². The summed E-state index contributed by atoms with van der Waals surface area (Å²) in [4.78, 5) is 21.3. The van der Waals surface area contributed by atoms with Gasteiger partial charge in [0.05, 0.1) is 5.92 Å². The van der Waals surface area contributed by atoms with Gasteiger partial charge in [-0.25, -0.2) is 0 Å². The van der Waals surface area contributed by atoms with Gasteiger partial charge in [-0.15, -0.1) is 0 Å². The van der Waals surface area contributed by atoms with E-state index in [4.69, 9.17) is 10.2 Å². The zero-order chi connectivity index (χ0) is 12.0. The summed E-state index contributed by atoms with van der Waals surface area (Å²) in [5.41, 5.74) is 0. The van der Waals surface area contributed by atoms with Gasteiger partial charge >= 0.3 is 11.9 Å². The molecule has 4 nitrogen and oxygen atoms in total. The molecule has 0 heterocycles. The van der Waals surface area contributed by atoms with Crippen molar-refractivity contribution in [3.63, 3.8) is 0 Å². The molecule has 0 aromatic carbocycles. The predicted molar refractivity (Wildman–Crippen MR) is 60.2 cm³/mol. The normalized spacial score (nSPS) is 16.7. The number of rotatable bonds is 7. The fourth-order valence-corrected chi connectivity index (χ4v) is 1.84. The van der Waals surface area contributed by atoms with Crippen LogP contribution >= 0.6 is 12.6 Å². The molecule has 88 valence electrons. The van der Waals surface area contributed by atoms with Crippen molar-refractivity contribution in [2.75, 3.05) is 0 Å². The molecule has 0 spiro atoms. The molecule has 0 amide bonds. The lowest BCUT2D eigenvalue weighted by molar-refractivity contribution is -0.143. The zero-order valence-corrected chi connectivity index (χ0v) is 9.91. The molecule has 0 bridgehead atoms. The van der Waals surface area contributed by atoms with Gasteiger partial charge < -0.3 is 10.2 Å². The lowest BCUT2D eigenvalue weighted by Crippen LogP contribution is -2.29. The Kier molecular flexibility index (Phi) is 6.40. The van der Waals surface area contributed by atoms with E-state index >= 15 is 0 Å². The second-order valence-electron chi connectivity index (χ2n) is 3.75. The maximum Gasteiger partial charge on any atom is 0.307 e. The molecule has 3 unspecified atom stereocenters. The fraction of sp³-hybridized carbons (Fsp3) is 0.800. The Morgan fingerprint density at radius 1 is 1.33 bits per heavy atom. The van der Waals surface area contributed by atoms with Gasteiger partial charge in [0, 0.05) is 11.7 Å². The van der Waals surface area contributed by atoms with Crippen LogP contribution in [0, 0.1) is 11.8 Å². The van der Waals surface area contributed by atoms with Gasteiger partial charge in [-0.1, -0.05) is 20.3 Å². The maximum atomic E-state index is 10.9. The smallest absolute Gasteiger partial charge is 0.307 e. The first-order valence-corrected chi connectivity index (χ1v) is 5.54. The lowest BCUT2D eigenvalue weighted by Gasteiger charge is -2.23. The molecule has 0 rings (SSSR count). The van der Waals surface area contributed by atoms with Crippen molar-refractivity contribution in [2.45, 2.75) is 38.4 Å². The number of aliphatic carboxylic acids is 2. The van der Waals surface area contributed by atoms with Crippen LogP contribution in [-0.4, -0.2) is 27.4 Å². The molecule has 0 saturated carbocycles. The van der Waals surface area contributed by atoms with E-state index in [0.717, 1.165) is 6.42 Å². The van der Waals surface area contributed by atoms with Gasteiger partial charge in [0.15, 0.2) is 0 Å². The first-order valence-electron chi connectivity index (χ1n) is 5.02. The van der Waals surface area contributed by atoms with Gasteiger partial charge in [-0.2, -0.15) is 12.6 Å². The number of thiol groups is 1. The highest BCUT2D eigenvalue weighted by Gasteiger charge is 2.29. The van der Waals surface area contributed by atoms with Crippen molar-refractivity contribution in [3.05, 3.63) is 0 Å². The van der Waals surface area contributed by atoms with Crippen LogP contribution in [0.4, 0.5) is 0 Å². The summed E-state index contributed by atoms with van der Waals surface area (Å²) in [7, 11) is 0.